The second-order valence-electron chi connectivity index (χ2n) is 3.94. The Morgan fingerprint density at radius 1 is 1.22 bits per heavy atom. The molecule has 0 aliphatic rings. The number of ether oxygens (including phenoxy) is 2. The van der Waals surface area contributed by atoms with E-state index < -0.39 is 0 Å². The minimum absolute atomic E-state index is 0.533. The van der Waals surface area contributed by atoms with Crippen LogP contribution in [0.3, 0.4) is 0 Å². The van der Waals surface area contributed by atoms with Crippen LogP contribution in [0.4, 0.5) is 0 Å². The molecule has 1 heterocycles. The van der Waals surface area contributed by atoms with Gasteiger partial charge in [0.2, 0.25) is 0 Å². The van der Waals surface area contributed by atoms with E-state index in [0.29, 0.717) is 6.61 Å². The van der Waals surface area contributed by atoms with Crippen LogP contribution in [-0.2, 0) is 13.7 Å². The van der Waals surface area contributed by atoms with Crippen molar-refractivity contribution in [3.05, 3.63) is 51.9 Å². The van der Waals surface area contributed by atoms with Gasteiger partial charge in [-0.2, -0.15) is 0 Å². The monoisotopic (exact) mass is 356 g/mol. The first-order chi connectivity index (χ1) is 8.70. The molecule has 3 nitrogen and oxygen atoms in total. The van der Waals surface area contributed by atoms with E-state index >= 15 is 0 Å². The maximum atomic E-state index is 5.85. The van der Waals surface area contributed by atoms with Crippen LogP contribution in [0.25, 0.3) is 0 Å². The van der Waals surface area contributed by atoms with Gasteiger partial charge in [-0.15, -0.1) is 0 Å². The first kappa shape index (κ1) is 13.1. The lowest BCUT2D eigenvalue weighted by Gasteiger charge is -2.11. The summed E-state index contributed by atoms with van der Waals surface area (Å²) >= 11 is 2.25. The Morgan fingerprint density at radius 2 is 2.06 bits per heavy atom. The molecule has 4 heteroatoms. The zero-order chi connectivity index (χ0) is 13.0. The zero-order valence-electron chi connectivity index (χ0n) is 10.4. The summed E-state index contributed by atoms with van der Waals surface area (Å²) in [5.74, 6) is 1.56. The topological polar surface area (TPSA) is 22.3 Å². The Bertz CT molecular complexity index is 543. The summed E-state index contributed by atoms with van der Waals surface area (Å²) in [7, 11) is 3.65. The predicted octanol–water partition coefficient (Wildman–Crippen LogP) is 2.70. The van der Waals surface area contributed by atoms with Crippen LogP contribution in [-0.4, -0.2) is 7.11 Å². The minimum Gasteiger partial charge on any atom is -0.493 e. The number of pyridine rings is 1. The molecule has 0 unspecified atom stereocenters. The third-order valence-corrected chi connectivity index (χ3v) is 3.38. The third kappa shape index (κ3) is 3.13. The number of hydrogen-bond donors (Lipinski definition) is 0. The van der Waals surface area contributed by atoms with Crippen molar-refractivity contribution < 1.29 is 14.0 Å². The fourth-order valence-corrected chi connectivity index (χ4v) is 2.31. The highest BCUT2D eigenvalue weighted by Gasteiger charge is 2.09. The van der Waals surface area contributed by atoms with Gasteiger partial charge in [0.15, 0.2) is 23.9 Å². The van der Waals surface area contributed by atoms with Gasteiger partial charge in [-0.05, 0) is 40.8 Å². The SMILES string of the molecule is COc1cccc(I)c1OCc1ccc[n+](C)c1. The van der Waals surface area contributed by atoms with Gasteiger partial charge in [0, 0.05) is 6.07 Å². The van der Waals surface area contributed by atoms with Gasteiger partial charge in [-0.1, -0.05) is 6.07 Å². The van der Waals surface area contributed by atoms with E-state index in [1.165, 1.54) is 0 Å². The lowest BCUT2D eigenvalue weighted by Crippen LogP contribution is -2.27. The number of aryl methyl sites for hydroxylation is 1. The van der Waals surface area contributed by atoms with Gasteiger partial charge in [0.05, 0.1) is 16.2 Å². The number of hydrogen-bond acceptors (Lipinski definition) is 2. The lowest BCUT2D eigenvalue weighted by atomic mass is 10.3. The van der Waals surface area contributed by atoms with Crippen LogP contribution >= 0.6 is 22.6 Å². The molecule has 0 aliphatic carbocycles. The Morgan fingerprint density at radius 3 is 2.78 bits per heavy atom. The third-order valence-electron chi connectivity index (χ3n) is 2.53. The van der Waals surface area contributed by atoms with Crippen LogP contribution in [0.1, 0.15) is 5.56 Å². The van der Waals surface area contributed by atoms with Gasteiger partial charge in [0.1, 0.15) is 13.7 Å². The average molecular weight is 356 g/mol. The summed E-state index contributed by atoms with van der Waals surface area (Å²) in [6, 6.07) is 9.91. The molecule has 0 aliphatic heterocycles. The fourth-order valence-electron chi connectivity index (χ4n) is 1.68. The number of para-hydroxylation sites is 1. The molecule has 0 spiro atoms. The molecular formula is C14H15INO2+. The molecule has 0 fully saturated rings. The zero-order valence-corrected chi connectivity index (χ0v) is 12.5. The van der Waals surface area contributed by atoms with Crippen molar-refractivity contribution in [2.24, 2.45) is 7.05 Å². The summed E-state index contributed by atoms with van der Waals surface area (Å²) in [6.45, 7) is 0.533. The summed E-state index contributed by atoms with van der Waals surface area (Å²) in [6.07, 6.45) is 4.04. The molecule has 0 atom stereocenters. The van der Waals surface area contributed by atoms with E-state index in [0.717, 1.165) is 20.6 Å². The molecule has 0 saturated heterocycles. The van der Waals surface area contributed by atoms with E-state index in [1.54, 1.807) is 7.11 Å². The van der Waals surface area contributed by atoms with Crippen molar-refractivity contribution in [3.8, 4) is 11.5 Å². The van der Waals surface area contributed by atoms with Crippen molar-refractivity contribution in [1.82, 2.24) is 0 Å². The summed E-state index contributed by atoms with van der Waals surface area (Å²) in [5, 5.41) is 0. The Balaban J connectivity index is 2.15. The lowest BCUT2D eigenvalue weighted by molar-refractivity contribution is -0.672. The van der Waals surface area contributed by atoms with Crippen molar-refractivity contribution in [2.75, 3.05) is 7.11 Å². The second kappa shape index (κ2) is 6.04. The quantitative estimate of drug-likeness (QED) is 0.621. The predicted molar refractivity (Wildman–Crippen MR) is 77.7 cm³/mol. The van der Waals surface area contributed by atoms with Gasteiger partial charge >= 0.3 is 0 Å². The maximum Gasteiger partial charge on any atom is 0.175 e. The van der Waals surface area contributed by atoms with E-state index in [4.69, 9.17) is 9.47 Å². The van der Waals surface area contributed by atoms with Gasteiger partial charge in [-0.25, -0.2) is 4.57 Å². The summed E-state index contributed by atoms with van der Waals surface area (Å²) < 4.78 is 14.2. The van der Waals surface area contributed by atoms with Gasteiger partial charge in [-0.3, -0.25) is 0 Å². The molecule has 0 radical (unpaired) electrons. The molecule has 2 rings (SSSR count). The molecule has 0 saturated carbocycles. The molecule has 0 amide bonds. The molecule has 1 aromatic carbocycles. The number of halogens is 1. The molecule has 1 aromatic heterocycles. The van der Waals surface area contributed by atoms with Crippen LogP contribution in [0.15, 0.2) is 42.7 Å². The van der Waals surface area contributed by atoms with Gasteiger partial charge in [0.25, 0.3) is 0 Å². The largest absolute Gasteiger partial charge is 0.493 e. The molecule has 0 bridgehead atoms. The summed E-state index contributed by atoms with van der Waals surface area (Å²) in [5.41, 5.74) is 1.13. The summed E-state index contributed by atoms with van der Waals surface area (Å²) in [4.78, 5) is 0. The maximum absolute atomic E-state index is 5.85. The fraction of sp³-hybridized carbons (Fsp3) is 0.214. The number of aromatic nitrogens is 1. The second-order valence-corrected chi connectivity index (χ2v) is 5.10. The van der Waals surface area contributed by atoms with Crippen LogP contribution in [0, 0.1) is 3.57 Å². The van der Waals surface area contributed by atoms with Crippen molar-refractivity contribution in [2.45, 2.75) is 6.61 Å². The molecule has 94 valence electrons. The smallest absolute Gasteiger partial charge is 0.175 e. The Hall–Kier alpha value is -1.30. The van der Waals surface area contributed by atoms with E-state index in [2.05, 4.69) is 22.6 Å². The number of benzene rings is 1. The normalized spacial score (nSPS) is 10.2. The Kier molecular flexibility index (Phi) is 4.41. The molecule has 0 N–H and O–H groups in total. The van der Waals surface area contributed by atoms with Crippen LogP contribution in [0.2, 0.25) is 0 Å². The Labute approximate surface area is 121 Å². The highest BCUT2D eigenvalue weighted by molar-refractivity contribution is 14.1. The van der Waals surface area contributed by atoms with Crippen molar-refractivity contribution in [1.29, 1.82) is 0 Å². The van der Waals surface area contributed by atoms with Crippen molar-refractivity contribution in [3.63, 3.8) is 0 Å². The highest BCUT2D eigenvalue weighted by atomic mass is 127. The average Bonchev–Trinajstić information content (AvgIpc) is 2.37. The van der Waals surface area contributed by atoms with Crippen molar-refractivity contribution >= 4 is 22.6 Å². The minimum atomic E-state index is 0.533. The first-order valence-corrected chi connectivity index (χ1v) is 6.68. The molecule has 18 heavy (non-hydrogen) atoms. The number of rotatable bonds is 4. The van der Waals surface area contributed by atoms with E-state index in [-0.39, 0.29) is 0 Å². The van der Waals surface area contributed by atoms with Crippen LogP contribution in [0.5, 0.6) is 11.5 Å². The number of methoxy groups -OCH3 is 1. The van der Waals surface area contributed by atoms with Gasteiger partial charge < -0.3 is 9.47 Å². The van der Waals surface area contributed by atoms with Crippen LogP contribution < -0.4 is 14.0 Å². The van der Waals surface area contributed by atoms with E-state index in [1.807, 2.05) is 54.3 Å². The first-order valence-electron chi connectivity index (χ1n) is 5.60. The van der Waals surface area contributed by atoms with E-state index in [9.17, 15) is 0 Å². The highest BCUT2D eigenvalue weighted by Crippen LogP contribution is 2.32. The number of nitrogens with zero attached hydrogens (tertiary/aromatic N) is 1. The molecular weight excluding hydrogens is 341 g/mol. The standard InChI is InChI=1S/C14H15INO2/c1-16-8-4-5-11(9-16)10-18-14-12(15)6-3-7-13(14)17-2/h3-9H,10H2,1-2H3/q+1. The molecule has 2 aromatic rings.